The predicted octanol–water partition coefficient (Wildman–Crippen LogP) is 4.46. The molecule has 3 heterocycles. The third kappa shape index (κ3) is 5.11. The second-order valence-electron chi connectivity index (χ2n) is 10.0. The summed E-state index contributed by atoms with van der Waals surface area (Å²) in [6, 6.07) is 7.61. The van der Waals surface area contributed by atoms with Crippen LogP contribution in [-0.4, -0.2) is 47.7 Å². The number of fused-ring (bicyclic) bond motifs is 1. The quantitative estimate of drug-likeness (QED) is 0.548. The molecule has 2 aromatic heterocycles. The van der Waals surface area contributed by atoms with E-state index in [0.717, 1.165) is 51.8 Å². The van der Waals surface area contributed by atoms with Gasteiger partial charge in [-0.25, -0.2) is 9.78 Å². The number of aromatic nitrogens is 2. The van der Waals surface area contributed by atoms with Gasteiger partial charge in [-0.2, -0.15) is 0 Å². The van der Waals surface area contributed by atoms with Gasteiger partial charge < -0.3 is 24.8 Å². The van der Waals surface area contributed by atoms with Gasteiger partial charge in [-0.05, 0) is 35.1 Å². The Morgan fingerprint density at radius 1 is 1.23 bits per heavy atom. The fraction of sp³-hybridized carbons (Fsp3) is 0.423. The molecular weight excluding hydrogens is 462 g/mol. The van der Waals surface area contributed by atoms with Gasteiger partial charge in [0, 0.05) is 44.0 Å². The Bertz CT molecular complexity index is 1260. The molecular formula is C26H31N5O3S. The van der Waals surface area contributed by atoms with E-state index in [1.807, 2.05) is 36.0 Å². The molecule has 1 fully saturated rings. The van der Waals surface area contributed by atoms with E-state index in [1.54, 1.807) is 17.7 Å². The Balaban J connectivity index is 1.44. The van der Waals surface area contributed by atoms with Gasteiger partial charge in [0.1, 0.15) is 0 Å². The first-order valence-corrected chi connectivity index (χ1v) is 12.7. The molecule has 8 nitrogen and oxygen atoms in total. The number of Topliss-reactive ketones (excluding diaryl/α,β-unsaturated/α-hetero) is 1. The number of nitrogens with one attached hydrogen (secondary N) is 2. The van der Waals surface area contributed by atoms with Gasteiger partial charge in [0.05, 0.1) is 41.7 Å². The fourth-order valence-electron chi connectivity index (χ4n) is 4.85. The summed E-state index contributed by atoms with van der Waals surface area (Å²) >= 11 is 1.61. The maximum atomic E-state index is 13.1. The normalized spacial score (nSPS) is 17.2. The molecule has 1 saturated heterocycles. The fourth-order valence-corrected chi connectivity index (χ4v) is 6.18. The van der Waals surface area contributed by atoms with Gasteiger partial charge in [-0.1, -0.05) is 26.0 Å². The first kappa shape index (κ1) is 23.6. The van der Waals surface area contributed by atoms with Crippen LogP contribution in [0, 0.1) is 5.41 Å². The smallest absolute Gasteiger partial charge is 0.319 e. The Kier molecular flexibility index (Phi) is 6.37. The zero-order valence-corrected chi connectivity index (χ0v) is 21.2. The molecule has 2 N–H and O–H groups in total. The minimum Gasteiger partial charge on any atom is -0.378 e. The molecule has 0 atom stereocenters. The number of carbonyl (C=O) groups is 2. The highest BCUT2D eigenvalue weighted by Gasteiger charge is 2.37. The van der Waals surface area contributed by atoms with E-state index < -0.39 is 0 Å². The van der Waals surface area contributed by atoms with Gasteiger partial charge in [-0.3, -0.25) is 4.79 Å². The average molecular weight is 494 g/mol. The summed E-state index contributed by atoms with van der Waals surface area (Å²) in [7, 11) is 1.89. The lowest BCUT2D eigenvalue weighted by Crippen LogP contribution is -2.36. The molecule has 184 valence electrons. The highest BCUT2D eigenvalue weighted by atomic mass is 32.1. The van der Waals surface area contributed by atoms with Crippen molar-refractivity contribution in [2.45, 2.75) is 33.2 Å². The number of urea groups is 1. The summed E-state index contributed by atoms with van der Waals surface area (Å²) in [4.78, 5) is 33.1. The van der Waals surface area contributed by atoms with E-state index in [-0.39, 0.29) is 17.2 Å². The minimum absolute atomic E-state index is 0.0800. The molecule has 0 spiro atoms. The molecule has 0 bridgehead atoms. The summed E-state index contributed by atoms with van der Waals surface area (Å²) in [6.45, 7) is 7.64. The predicted molar refractivity (Wildman–Crippen MR) is 138 cm³/mol. The van der Waals surface area contributed by atoms with Crippen molar-refractivity contribution in [2.75, 3.05) is 36.5 Å². The number of anilines is 2. The highest BCUT2D eigenvalue weighted by molar-refractivity contribution is 7.19. The third-order valence-electron chi connectivity index (χ3n) is 6.43. The van der Waals surface area contributed by atoms with Crippen molar-refractivity contribution in [3.63, 3.8) is 0 Å². The highest BCUT2D eigenvalue weighted by Crippen LogP contribution is 2.49. The van der Waals surface area contributed by atoms with Crippen LogP contribution in [0.4, 0.5) is 15.5 Å². The van der Waals surface area contributed by atoms with Crippen molar-refractivity contribution in [1.82, 2.24) is 14.9 Å². The second kappa shape index (κ2) is 9.47. The van der Waals surface area contributed by atoms with Crippen LogP contribution in [0.15, 0.2) is 36.8 Å². The number of hydrogen-bond donors (Lipinski definition) is 2. The molecule has 0 saturated carbocycles. The summed E-state index contributed by atoms with van der Waals surface area (Å²) in [5, 5.41) is 6.92. The lowest BCUT2D eigenvalue weighted by atomic mass is 9.75. The summed E-state index contributed by atoms with van der Waals surface area (Å²) < 4.78 is 7.42. The van der Waals surface area contributed by atoms with Crippen molar-refractivity contribution in [3.8, 4) is 11.1 Å². The minimum atomic E-state index is -0.287. The van der Waals surface area contributed by atoms with Crippen molar-refractivity contribution < 1.29 is 14.3 Å². The first-order chi connectivity index (χ1) is 16.8. The van der Waals surface area contributed by atoms with Crippen molar-refractivity contribution in [3.05, 3.63) is 52.9 Å². The Hall–Kier alpha value is -3.17. The topological polar surface area (TPSA) is 88.5 Å². The lowest BCUT2D eigenvalue weighted by Gasteiger charge is -2.30. The molecule has 0 unspecified atom stereocenters. The molecule has 2 aliphatic rings. The maximum Gasteiger partial charge on any atom is 0.319 e. The van der Waals surface area contributed by atoms with E-state index >= 15 is 0 Å². The van der Waals surface area contributed by atoms with Crippen LogP contribution in [0.5, 0.6) is 0 Å². The van der Waals surface area contributed by atoms with Crippen molar-refractivity contribution in [1.29, 1.82) is 0 Å². The molecule has 1 aliphatic heterocycles. The van der Waals surface area contributed by atoms with Crippen LogP contribution in [-0.2, 0) is 24.8 Å². The number of imidazole rings is 1. The van der Waals surface area contributed by atoms with Gasteiger partial charge >= 0.3 is 6.03 Å². The van der Waals surface area contributed by atoms with E-state index in [1.165, 1.54) is 0 Å². The number of ether oxygens (including phenoxy) is 1. The number of ketones is 1. The Morgan fingerprint density at radius 3 is 2.77 bits per heavy atom. The van der Waals surface area contributed by atoms with E-state index in [0.29, 0.717) is 31.9 Å². The number of benzene rings is 1. The second-order valence-corrected chi connectivity index (χ2v) is 11.0. The standard InChI is InChI=1S/C26H31N5O3S/c1-26(2)12-20-22(24(31-7-9-34-10-8-31)35-23(20)21(32)13-26)17-5-4-6-18(11-17)29-25(33)27-14-19-15-30(3)16-28-19/h4-6,11,15-16H,7-10,12-14H2,1-3H3,(H2,27,29,33). The summed E-state index contributed by atoms with van der Waals surface area (Å²) in [5.74, 6) is 0.227. The maximum absolute atomic E-state index is 13.1. The van der Waals surface area contributed by atoms with Gasteiger partial charge in [0.15, 0.2) is 5.78 Å². The van der Waals surface area contributed by atoms with Crippen molar-refractivity contribution >= 4 is 33.8 Å². The number of rotatable bonds is 5. The Labute approximate surface area is 209 Å². The van der Waals surface area contributed by atoms with Crippen molar-refractivity contribution in [2.24, 2.45) is 12.5 Å². The van der Waals surface area contributed by atoms with Crippen LogP contribution < -0.4 is 15.5 Å². The molecule has 1 aliphatic carbocycles. The summed E-state index contributed by atoms with van der Waals surface area (Å²) in [5.41, 5.74) is 4.68. The molecule has 35 heavy (non-hydrogen) atoms. The van der Waals surface area contributed by atoms with Crippen LogP contribution in [0.1, 0.15) is 41.2 Å². The monoisotopic (exact) mass is 493 g/mol. The van der Waals surface area contributed by atoms with Crippen LogP contribution >= 0.6 is 11.3 Å². The number of carbonyl (C=O) groups excluding carboxylic acids is 2. The number of hydrogen-bond acceptors (Lipinski definition) is 6. The number of aryl methyl sites for hydroxylation is 1. The SMILES string of the molecule is Cn1cnc(CNC(=O)Nc2cccc(-c3c(N4CCOCC4)sc4c3CC(C)(C)CC4=O)c2)c1. The lowest BCUT2D eigenvalue weighted by molar-refractivity contribution is 0.0918. The largest absolute Gasteiger partial charge is 0.378 e. The first-order valence-electron chi connectivity index (χ1n) is 11.9. The van der Waals surface area contributed by atoms with E-state index in [2.05, 4.69) is 40.4 Å². The molecule has 5 rings (SSSR count). The van der Waals surface area contributed by atoms with Gasteiger partial charge in [-0.15, -0.1) is 11.3 Å². The molecule has 0 radical (unpaired) electrons. The summed E-state index contributed by atoms with van der Waals surface area (Å²) in [6.07, 6.45) is 5.00. The number of nitrogens with zero attached hydrogens (tertiary/aromatic N) is 3. The molecule has 3 aromatic rings. The van der Waals surface area contributed by atoms with Crippen LogP contribution in [0.3, 0.4) is 0 Å². The van der Waals surface area contributed by atoms with E-state index in [9.17, 15) is 9.59 Å². The van der Waals surface area contributed by atoms with Crippen LogP contribution in [0.2, 0.25) is 0 Å². The molecule has 9 heteroatoms. The number of amides is 2. The van der Waals surface area contributed by atoms with E-state index in [4.69, 9.17) is 4.74 Å². The zero-order chi connectivity index (χ0) is 24.6. The number of morpholine rings is 1. The third-order valence-corrected chi connectivity index (χ3v) is 7.77. The van der Waals surface area contributed by atoms with Crippen LogP contribution in [0.25, 0.3) is 11.1 Å². The average Bonchev–Trinajstić information content (AvgIpc) is 3.41. The van der Waals surface area contributed by atoms with Gasteiger partial charge in [0.2, 0.25) is 0 Å². The van der Waals surface area contributed by atoms with Gasteiger partial charge in [0.25, 0.3) is 0 Å². The molecule has 1 aromatic carbocycles. The zero-order valence-electron chi connectivity index (χ0n) is 20.4. The molecule has 2 amide bonds. The number of thiophene rings is 1. The Morgan fingerprint density at radius 2 is 2.03 bits per heavy atom.